The summed E-state index contributed by atoms with van der Waals surface area (Å²) in [5.41, 5.74) is 2.10. The second kappa shape index (κ2) is 7.96. The number of likely N-dealkylation sites (tertiary alicyclic amines) is 1. The summed E-state index contributed by atoms with van der Waals surface area (Å²) in [6, 6.07) is 11.0. The highest BCUT2D eigenvalue weighted by Crippen LogP contribution is 2.36. The molecule has 0 saturated carbocycles. The molecule has 5 heterocycles. The number of aromatic nitrogens is 2. The van der Waals surface area contributed by atoms with E-state index in [9.17, 15) is 13.2 Å². The van der Waals surface area contributed by atoms with Gasteiger partial charge in [-0.15, -0.1) is 0 Å². The summed E-state index contributed by atoms with van der Waals surface area (Å²) in [6.07, 6.45) is 4.85. The predicted molar refractivity (Wildman–Crippen MR) is 125 cm³/mol. The molecule has 0 N–H and O–H groups in total. The first-order chi connectivity index (χ1) is 16.8. The number of rotatable bonds is 4. The third-order valence-corrected chi connectivity index (χ3v) is 7.49. The molecule has 4 aromatic rings. The Hall–Kier alpha value is -3.63. The van der Waals surface area contributed by atoms with Gasteiger partial charge in [-0.25, -0.2) is 17.8 Å². The Labute approximate surface area is 200 Å². The Bertz CT molecular complexity index is 1580. The van der Waals surface area contributed by atoms with Gasteiger partial charge in [0.2, 0.25) is 0 Å². The van der Waals surface area contributed by atoms with E-state index in [1.807, 2.05) is 0 Å². The lowest BCUT2D eigenvalue weighted by Crippen LogP contribution is -2.41. The molecule has 10 heteroatoms. The zero-order valence-corrected chi connectivity index (χ0v) is 19.5. The zero-order chi connectivity index (χ0) is 24.3. The van der Waals surface area contributed by atoms with Gasteiger partial charge in [-0.2, -0.15) is 0 Å². The van der Waals surface area contributed by atoms with Crippen molar-refractivity contribution >= 4 is 26.8 Å². The molecule has 6 rings (SSSR count). The van der Waals surface area contributed by atoms with E-state index in [1.54, 1.807) is 41.4 Å². The number of pyridine rings is 2. The minimum Gasteiger partial charge on any atom is -0.454 e. The van der Waals surface area contributed by atoms with Crippen LogP contribution in [0.2, 0.25) is 0 Å². The number of sulfone groups is 1. The Balaban J connectivity index is 1.39. The molecular formula is C25H20FN3O5S. The van der Waals surface area contributed by atoms with Crippen LogP contribution in [0.5, 0.6) is 0 Å². The van der Waals surface area contributed by atoms with E-state index in [1.165, 1.54) is 18.3 Å². The first-order valence-electron chi connectivity index (χ1n) is 11.1. The summed E-state index contributed by atoms with van der Waals surface area (Å²) in [5.74, 6) is -0.554. The zero-order valence-electron chi connectivity index (χ0n) is 18.6. The lowest BCUT2D eigenvalue weighted by molar-refractivity contribution is 0.0256. The summed E-state index contributed by atoms with van der Waals surface area (Å²) in [6.45, 7) is 0.957. The summed E-state index contributed by atoms with van der Waals surface area (Å²) in [7, 11) is -3.43. The molecule has 2 atom stereocenters. The van der Waals surface area contributed by atoms with Crippen LogP contribution >= 0.6 is 0 Å². The van der Waals surface area contributed by atoms with Gasteiger partial charge in [0.25, 0.3) is 5.91 Å². The maximum Gasteiger partial charge on any atom is 0.257 e. The lowest BCUT2D eigenvalue weighted by Gasteiger charge is -2.27. The molecule has 0 aliphatic carbocycles. The van der Waals surface area contributed by atoms with Crippen molar-refractivity contribution in [3.8, 4) is 22.5 Å². The number of nitrogens with zero attached hydrogens (tertiary/aromatic N) is 3. The molecule has 2 aliphatic heterocycles. The SMILES string of the molecule is CS(=O)(=O)c1ccc(-c2cc3nccc(-c4cccc(C(=O)N5C[C@H]6C[C@@H]5CO6)c4F)c3o2)cn1. The summed E-state index contributed by atoms with van der Waals surface area (Å²) in [5, 5.41) is -0.0440. The van der Waals surface area contributed by atoms with E-state index in [4.69, 9.17) is 9.15 Å². The van der Waals surface area contributed by atoms with Crippen LogP contribution in [0.1, 0.15) is 16.8 Å². The number of amides is 1. The minimum atomic E-state index is -3.43. The van der Waals surface area contributed by atoms with Gasteiger partial charge in [0.15, 0.2) is 20.4 Å². The molecule has 1 aromatic carbocycles. The number of carbonyl (C=O) groups is 1. The standard InChI is InChI=1S/C25H20FN3O5S/c1-35(31,32)22-6-5-14(11-28-22)21-10-20-24(34-21)18(7-8-27-20)17-3-2-4-19(23(17)26)25(30)29-12-16-9-15(29)13-33-16/h2-8,10-11,15-16H,9,12-13H2,1H3/t15-,16-/m1/s1. The largest absolute Gasteiger partial charge is 0.454 e. The van der Waals surface area contributed by atoms with Crippen molar-refractivity contribution in [2.24, 2.45) is 0 Å². The van der Waals surface area contributed by atoms with E-state index < -0.39 is 15.7 Å². The minimum absolute atomic E-state index is 0.00681. The van der Waals surface area contributed by atoms with E-state index in [0.29, 0.717) is 41.1 Å². The molecule has 35 heavy (non-hydrogen) atoms. The van der Waals surface area contributed by atoms with E-state index in [0.717, 1.165) is 12.7 Å². The summed E-state index contributed by atoms with van der Waals surface area (Å²) < 4.78 is 50.7. The Kier molecular flexibility index (Phi) is 4.97. The number of morpholine rings is 1. The molecule has 178 valence electrons. The number of carbonyl (C=O) groups excluding carboxylic acids is 1. The number of ether oxygens (including phenoxy) is 1. The number of hydrogen-bond acceptors (Lipinski definition) is 7. The van der Waals surface area contributed by atoms with Gasteiger partial charge in [0.1, 0.15) is 17.1 Å². The topological polar surface area (TPSA) is 103 Å². The average Bonchev–Trinajstić information content (AvgIpc) is 3.59. The Morgan fingerprint density at radius 1 is 1.14 bits per heavy atom. The first kappa shape index (κ1) is 21.9. The molecule has 2 fully saturated rings. The summed E-state index contributed by atoms with van der Waals surface area (Å²) >= 11 is 0. The van der Waals surface area contributed by atoms with Crippen molar-refractivity contribution in [3.63, 3.8) is 0 Å². The third-order valence-electron chi connectivity index (χ3n) is 6.49. The molecule has 0 spiro atoms. The quantitative estimate of drug-likeness (QED) is 0.427. The van der Waals surface area contributed by atoms with Gasteiger partial charge < -0.3 is 14.1 Å². The highest BCUT2D eigenvalue weighted by Gasteiger charge is 2.42. The highest BCUT2D eigenvalue weighted by atomic mass is 32.2. The van der Waals surface area contributed by atoms with E-state index in [2.05, 4.69) is 9.97 Å². The first-order valence-corrected chi connectivity index (χ1v) is 13.0. The van der Waals surface area contributed by atoms with Crippen LogP contribution in [-0.4, -0.2) is 60.7 Å². The van der Waals surface area contributed by atoms with Crippen LogP contribution in [0.25, 0.3) is 33.6 Å². The van der Waals surface area contributed by atoms with Gasteiger partial charge in [0, 0.05) is 48.0 Å². The van der Waals surface area contributed by atoms with Crippen molar-refractivity contribution in [2.45, 2.75) is 23.6 Å². The van der Waals surface area contributed by atoms with Gasteiger partial charge in [-0.3, -0.25) is 9.78 Å². The van der Waals surface area contributed by atoms with Gasteiger partial charge in [-0.1, -0.05) is 12.1 Å². The van der Waals surface area contributed by atoms with Crippen LogP contribution in [-0.2, 0) is 14.6 Å². The van der Waals surface area contributed by atoms with Gasteiger partial charge in [-0.05, 0) is 30.7 Å². The summed E-state index contributed by atoms with van der Waals surface area (Å²) in [4.78, 5) is 23.1. The number of benzene rings is 1. The second-order valence-corrected chi connectivity index (χ2v) is 10.8. The van der Waals surface area contributed by atoms with Gasteiger partial charge >= 0.3 is 0 Å². The van der Waals surface area contributed by atoms with Crippen molar-refractivity contribution < 1.29 is 26.8 Å². The third kappa shape index (κ3) is 3.69. The number of furan rings is 1. The molecule has 1 amide bonds. The normalized spacial score (nSPS) is 19.5. The van der Waals surface area contributed by atoms with Crippen molar-refractivity contribution in [1.82, 2.24) is 14.9 Å². The molecular weight excluding hydrogens is 473 g/mol. The van der Waals surface area contributed by atoms with Crippen LogP contribution in [0.15, 0.2) is 64.3 Å². The average molecular weight is 494 g/mol. The van der Waals surface area contributed by atoms with Crippen molar-refractivity contribution in [1.29, 1.82) is 0 Å². The molecule has 2 bridgehead atoms. The fourth-order valence-electron chi connectivity index (χ4n) is 4.75. The molecule has 2 saturated heterocycles. The smallest absolute Gasteiger partial charge is 0.257 e. The molecule has 0 unspecified atom stereocenters. The maximum atomic E-state index is 15.7. The second-order valence-electron chi connectivity index (χ2n) is 8.81. The van der Waals surface area contributed by atoms with Crippen LogP contribution in [0.3, 0.4) is 0 Å². The van der Waals surface area contributed by atoms with Crippen molar-refractivity contribution in [2.75, 3.05) is 19.4 Å². The molecule has 3 aromatic heterocycles. The number of hydrogen-bond donors (Lipinski definition) is 0. The molecule has 0 radical (unpaired) electrons. The molecule has 8 nitrogen and oxygen atoms in total. The van der Waals surface area contributed by atoms with Crippen molar-refractivity contribution in [3.05, 3.63) is 66.2 Å². The van der Waals surface area contributed by atoms with Crippen LogP contribution in [0, 0.1) is 5.82 Å². The monoisotopic (exact) mass is 493 g/mol. The van der Waals surface area contributed by atoms with E-state index in [-0.39, 0.29) is 34.2 Å². The number of fused-ring (bicyclic) bond motifs is 3. The van der Waals surface area contributed by atoms with Crippen LogP contribution in [0.4, 0.5) is 4.39 Å². The highest BCUT2D eigenvalue weighted by molar-refractivity contribution is 7.90. The van der Waals surface area contributed by atoms with Gasteiger partial charge in [0.05, 0.1) is 24.3 Å². The lowest BCUT2D eigenvalue weighted by atomic mass is 10.0. The number of halogens is 1. The fourth-order valence-corrected chi connectivity index (χ4v) is 5.31. The Morgan fingerprint density at radius 3 is 2.69 bits per heavy atom. The predicted octanol–water partition coefficient (Wildman–Crippen LogP) is 3.71. The van der Waals surface area contributed by atoms with E-state index >= 15 is 4.39 Å². The van der Waals surface area contributed by atoms with Crippen LogP contribution < -0.4 is 0 Å². The molecule has 2 aliphatic rings. The fraction of sp³-hybridized carbons (Fsp3) is 0.240. The Morgan fingerprint density at radius 2 is 2.00 bits per heavy atom. The maximum absolute atomic E-state index is 15.7.